The number of rotatable bonds is 3. The standard InChI is InChI=1S/C17H21N3O4S/c1-11-4-3-5-12(2)16(11)18-17(22)14-6-7-15(21)20(19-14)13-8-9-25(23,24)10-13/h3-5,13H,6-10H2,1-2H3,(H,18,22)/t13-/m0/s1. The Labute approximate surface area is 147 Å². The lowest BCUT2D eigenvalue weighted by Crippen LogP contribution is -2.42. The molecule has 2 amide bonds. The molecule has 0 bridgehead atoms. The Kier molecular flexibility index (Phi) is 4.64. The maximum Gasteiger partial charge on any atom is 0.271 e. The average molecular weight is 363 g/mol. The second-order valence-electron chi connectivity index (χ2n) is 6.56. The number of nitrogens with one attached hydrogen (secondary N) is 1. The second-order valence-corrected chi connectivity index (χ2v) is 8.79. The molecule has 8 heteroatoms. The van der Waals surface area contributed by atoms with Crippen molar-refractivity contribution in [3.63, 3.8) is 0 Å². The largest absolute Gasteiger partial charge is 0.320 e. The number of carbonyl (C=O) groups excluding carboxylic acids is 2. The van der Waals surface area contributed by atoms with Crippen molar-refractivity contribution in [2.75, 3.05) is 16.8 Å². The third-order valence-corrected chi connectivity index (χ3v) is 6.35. The number of aryl methyl sites for hydroxylation is 2. The van der Waals surface area contributed by atoms with Crippen LogP contribution in [0, 0.1) is 13.8 Å². The average Bonchev–Trinajstić information content (AvgIpc) is 2.91. The van der Waals surface area contributed by atoms with Crippen molar-refractivity contribution in [3.05, 3.63) is 29.3 Å². The molecule has 2 aliphatic rings. The summed E-state index contributed by atoms with van der Waals surface area (Å²) < 4.78 is 23.3. The molecular formula is C17H21N3O4S. The molecule has 134 valence electrons. The summed E-state index contributed by atoms with van der Waals surface area (Å²) in [5, 5.41) is 8.26. The predicted octanol–water partition coefficient (Wildman–Crippen LogP) is 1.41. The summed E-state index contributed by atoms with van der Waals surface area (Å²) in [6, 6.07) is 5.26. The number of anilines is 1. The zero-order valence-electron chi connectivity index (χ0n) is 14.3. The van der Waals surface area contributed by atoms with Crippen LogP contribution in [0.15, 0.2) is 23.3 Å². The van der Waals surface area contributed by atoms with Crippen LogP contribution in [-0.2, 0) is 19.4 Å². The molecule has 0 saturated carbocycles. The van der Waals surface area contributed by atoms with Crippen LogP contribution in [0.3, 0.4) is 0 Å². The van der Waals surface area contributed by atoms with Crippen molar-refractivity contribution < 1.29 is 18.0 Å². The molecular weight excluding hydrogens is 342 g/mol. The van der Waals surface area contributed by atoms with Gasteiger partial charge in [-0.15, -0.1) is 0 Å². The van der Waals surface area contributed by atoms with E-state index in [1.807, 2.05) is 32.0 Å². The van der Waals surface area contributed by atoms with Gasteiger partial charge in [0, 0.05) is 18.5 Å². The van der Waals surface area contributed by atoms with Gasteiger partial charge < -0.3 is 5.32 Å². The molecule has 0 unspecified atom stereocenters. The lowest BCUT2D eigenvalue weighted by molar-refractivity contribution is -0.133. The van der Waals surface area contributed by atoms with Gasteiger partial charge in [-0.25, -0.2) is 13.4 Å². The van der Waals surface area contributed by atoms with Gasteiger partial charge in [0.15, 0.2) is 9.84 Å². The zero-order chi connectivity index (χ0) is 18.2. The highest BCUT2D eigenvalue weighted by atomic mass is 32.2. The fourth-order valence-corrected chi connectivity index (χ4v) is 4.88. The number of para-hydroxylation sites is 1. The van der Waals surface area contributed by atoms with Crippen molar-refractivity contribution in [2.24, 2.45) is 5.10 Å². The number of hydrazone groups is 1. The van der Waals surface area contributed by atoms with Gasteiger partial charge in [0.2, 0.25) is 5.91 Å². The predicted molar refractivity (Wildman–Crippen MR) is 95.1 cm³/mol. The zero-order valence-corrected chi connectivity index (χ0v) is 15.1. The smallest absolute Gasteiger partial charge is 0.271 e. The summed E-state index contributed by atoms with van der Waals surface area (Å²) in [5.41, 5.74) is 2.88. The van der Waals surface area contributed by atoms with Crippen molar-refractivity contribution >= 4 is 33.1 Å². The number of carbonyl (C=O) groups is 2. The third kappa shape index (κ3) is 3.73. The van der Waals surface area contributed by atoms with Gasteiger partial charge in [-0.1, -0.05) is 18.2 Å². The minimum atomic E-state index is -3.13. The highest BCUT2D eigenvalue weighted by molar-refractivity contribution is 7.91. The molecule has 1 aromatic rings. The SMILES string of the molecule is Cc1cccc(C)c1NC(=O)C1=NN([C@H]2CCS(=O)(=O)C2)C(=O)CC1. The Hall–Kier alpha value is -2.22. The minimum Gasteiger partial charge on any atom is -0.320 e. The summed E-state index contributed by atoms with van der Waals surface area (Å²) in [6.45, 7) is 3.81. The molecule has 0 radical (unpaired) electrons. The number of hydrogen-bond acceptors (Lipinski definition) is 5. The van der Waals surface area contributed by atoms with E-state index in [4.69, 9.17) is 0 Å². The van der Waals surface area contributed by atoms with Crippen LogP contribution < -0.4 is 5.32 Å². The molecule has 0 aromatic heterocycles. The summed E-state index contributed by atoms with van der Waals surface area (Å²) in [7, 11) is -3.13. The molecule has 7 nitrogen and oxygen atoms in total. The van der Waals surface area contributed by atoms with Gasteiger partial charge in [0.05, 0.1) is 17.5 Å². The molecule has 3 rings (SSSR count). The van der Waals surface area contributed by atoms with E-state index in [2.05, 4.69) is 10.4 Å². The monoisotopic (exact) mass is 363 g/mol. The Bertz CT molecular complexity index is 840. The Morgan fingerprint density at radius 3 is 2.52 bits per heavy atom. The highest BCUT2D eigenvalue weighted by Gasteiger charge is 2.37. The summed E-state index contributed by atoms with van der Waals surface area (Å²) in [4.78, 5) is 24.7. The number of benzene rings is 1. The van der Waals surface area contributed by atoms with E-state index in [1.54, 1.807) is 0 Å². The van der Waals surface area contributed by atoms with Crippen LogP contribution in [0.1, 0.15) is 30.4 Å². The molecule has 1 fully saturated rings. The van der Waals surface area contributed by atoms with Gasteiger partial charge in [0.1, 0.15) is 5.71 Å². The Morgan fingerprint density at radius 1 is 1.24 bits per heavy atom. The highest BCUT2D eigenvalue weighted by Crippen LogP contribution is 2.23. The van der Waals surface area contributed by atoms with E-state index in [9.17, 15) is 18.0 Å². The van der Waals surface area contributed by atoms with E-state index in [-0.39, 0.29) is 41.9 Å². The summed E-state index contributed by atoms with van der Waals surface area (Å²) in [6.07, 6.45) is 0.782. The van der Waals surface area contributed by atoms with Crippen LogP contribution in [0.4, 0.5) is 5.69 Å². The first-order valence-corrected chi connectivity index (χ1v) is 10.1. The molecule has 0 spiro atoms. The molecule has 25 heavy (non-hydrogen) atoms. The number of hydrogen-bond donors (Lipinski definition) is 1. The number of nitrogens with zero attached hydrogens (tertiary/aromatic N) is 2. The van der Waals surface area contributed by atoms with E-state index in [1.165, 1.54) is 5.01 Å². The fraction of sp³-hybridized carbons (Fsp3) is 0.471. The van der Waals surface area contributed by atoms with Crippen LogP contribution in [0.25, 0.3) is 0 Å². The van der Waals surface area contributed by atoms with E-state index in [0.717, 1.165) is 16.8 Å². The maximum absolute atomic E-state index is 12.6. The van der Waals surface area contributed by atoms with E-state index < -0.39 is 15.9 Å². The molecule has 2 aliphatic heterocycles. The molecule has 1 N–H and O–H groups in total. The molecule has 1 aromatic carbocycles. The number of amides is 2. The van der Waals surface area contributed by atoms with E-state index in [0.29, 0.717) is 6.42 Å². The fourth-order valence-electron chi connectivity index (χ4n) is 3.19. The van der Waals surface area contributed by atoms with Crippen LogP contribution >= 0.6 is 0 Å². The first kappa shape index (κ1) is 17.6. The lowest BCUT2D eigenvalue weighted by atomic mass is 10.1. The topological polar surface area (TPSA) is 95.9 Å². The molecule has 1 saturated heterocycles. The Balaban J connectivity index is 1.80. The minimum absolute atomic E-state index is 0.0564. The maximum atomic E-state index is 12.6. The molecule has 0 aliphatic carbocycles. The normalized spacial score (nSPS) is 22.6. The third-order valence-electron chi connectivity index (χ3n) is 4.60. The quantitative estimate of drug-likeness (QED) is 0.878. The Morgan fingerprint density at radius 2 is 1.92 bits per heavy atom. The van der Waals surface area contributed by atoms with Crippen molar-refractivity contribution in [1.29, 1.82) is 0 Å². The van der Waals surface area contributed by atoms with Gasteiger partial charge in [-0.2, -0.15) is 5.10 Å². The van der Waals surface area contributed by atoms with Crippen molar-refractivity contribution in [2.45, 2.75) is 39.2 Å². The summed E-state index contributed by atoms with van der Waals surface area (Å²) >= 11 is 0. The molecule has 1 atom stereocenters. The van der Waals surface area contributed by atoms with Crippen LogP contribution in [0.2, 0.25) is 0 Å². The van der Waals surface area contributed by atoms with Gasteiger partial charge in [0.25, 0.3) is 5.91 Å². The van der Waals surface area contributed by atoms with Gasteiger partial charge in [-0.3, -0.25) is 9.59 Å². The summed E-state index contributed by atoms with van der Waals surface area (Å²) in [5.74, 6) is -0.615. The second kappa shape index (κ2) is 6.59. The lowest BCUT2D eigenvalue weighted by Gasteiger charge is -2.27. The van der Waals surface area contributed by atoms with Crippen LogP contribution in [-0.4, -0.2) is 48.5 Å². The molecule has 2 heterocycles. The van der Waals surface area contributed by atoms with Crippen molar-refractivity contribution in [3.8, 4) is 0 Å². The van der Waals surface area contributed by atoms with Gasteiger partial charge >= 0.3 is 0 Å². The first-order chi connectivity index (χ1) is 11.8. The van der Waals surface area contributed by atoms with Crippen molar-refractivity contribution in [1.82, 2.24) is 5.01 Å². The van der Waals surface area contributed by atoms with Crippen LogP contribution in [0.5, 0.6) is 0 Å². The number of sulfone groups is 1. The van der Waals surface area contributed by atoms with Gasteiger partial charge in [-0.05, 0) is 31.4 Å². The first-order valence-electron chi connectivity index (χ1n) is 8.24. The van der Waals surface area contributed by atoms with E-state index >= 15 is 0 Å².